The van der Waals surface area contributed by atoms with Crippen LogP contribution in [-0.2, 0) is 10.2 Å². The van der Waals surface area contributed by atoms with E-state index in [2.05, 4.69) is 4.72 Å². The van der Waals surface area contributed by atoms with Gasteiger partial charge in [-0.3, -0.25) is 0 Å². The fraction of sp³-hybridized carbons (Fsp3) is 1.00. The van der Waals surface area contributed by atoms with Gasteiger partial charge in [-0.05, 0) is 25.7 Å². The maximum Gasteiger partial charge on any atom is 0.277 e. The van der Waals surface area contributed by atoms with Crippen molar-refractivity contribution in [2.45, 2.75) is 43.7 Å². The van der Waals surface area contributed by atoms with Gasteiger partial charge in [0.15, 0.2) is 0 Å². The maximum atomic E-state index is 12.4. The Morgan fingerprint density at radius 1 is 1.29 bits per heavy atom. The first-order valence-corrected chi connectivity index (χ1v) is 6.01. The first-order chi connectivity index (χ1) is 6.44. The van der Waals surface area contributed by atoms with Gasteiger partial charge >= 0.3 is 0 Å². The Kier molecular flexibility index (Phi) is 2.28. The molecular weight excluding hydrogens is 214 g/mol. The van der Waals surface area contributed by atoms with E-state index >= 15 is 0 Å². The van der Waals surface area contributed by atoms with E-state index in [0.29, 0.717) is 0 Å². The predicted octanol–water partition coefficient (Wildman–Crippen LogP) is 0.370. The van der Waals surface area contributed by atoms with Gasteiger partial charge in [-0.1, -0.05) is 0 Å². The molecule has 4 nitrogen and oxygen atoms in total. The Labute approximate surface area is 81.2 Å². The fourth-order valence-electron chi connectivity index (χ4n) is 1.22. The van der Waals surface area contributed by atoms with Crippen LogP contribution in [0.15, 0.2) is 0 Å². The zero-order valence-electron chi connectivity index (χ0n) is 7.46. The summed E-state index contributed by atoms with van der Waals surface area (Å²) in [5, 5.41) is 0. The molecule has 0 spiro atoms. The largest absolute Gasteiger partial charge is 0.277 e. The van der Waals surface area contributed by atoms with Crippen LogP contribution in [0.25, 0.3) is 0 Å². The maximum absolute atomic E-state index is 12.4. The number of nitrogens with one attached hydrogen (secondary N) is 2. The lowest BCUT2D eigenvalue weighted by Gasteiger charge is -2.16. The Balaban J connectivity index is 1.95. The first kappa shape index (κ1) is 10.3. The lowest BCUT2D eigenvalue weighted by molar-refractivity contribution is 0.0968. The minimum atomic E-state index is -3.74. The van der Waals surface area contributed by atoms with Crippen LogP contribution in [0.4, 0.5) is 8.78 Å². The third kappa shape index (κ3) is 2.21. The summed E-state index contributed by atoms with van der Waals surface area (Å²) in [7, 11) is -3.74. The molecule has 0 aliphatic heterocycles. The van der Waals surface area contributed by atoms with Gasteiger partial charge in [0.1, 0.15) is 0 Å². The third-order valence-corrected chi connectivity index (χ3v) is 3.76. The van der Waals surface area contributed by atoms with E-state index in [1.807, 2.05) is 4.72 Å². The molecule has 82 valence electrons. The molecule has 0 unspecified atom stereocenters. The fourth-order valence-corrected chi connectivity index (χ4v) is 2.78. The molecule has 2 aliphatic carbocycles. The minimum absolute atomic E-state index is 0.0547. The van der Waals surface area contributed by atoms with E-state index < -0.39 is 22.2 Å². The van der Waals surface area contributed by atoms with E-state index in [9.17, 15) is 17.2 Å². The van der Waals surface area contributed by atoms with Crippen molar-refractivity contribution in [2.24, 2.45) is 0 Å². The molecule has 14 heavy (non-hydrogen) atoms. The summed E-state index contributed by atoms with van der Waals surface area (Å²) < 4.78 is 51.7. The highest BCUT2D eigenvalue weighted by atomic mass is 32.2. The van der Waals surface area contributed by atoms with Gasteiger partial charge in [-0.15, -0.1) is 0 Å². The molecular formula is C7H12F2N2O2S. The zero-order chi connectivity index (χ0) is 10.4. The van der Waals surface area contributed by atoms with E-state index in [4.69, 9.17) is 0 Å². The van der Waals surface area contributed by atoms with Gasteiger partial charge < -0.3 is 0 Å². The Hall–Kier alpha value is -0.270. The third-order valence-electron chi connectivity index (χ3n) is 2.44. The van der Waals surface area contributed by atoms with Gasteiger partial charge in [-0.25, -0.2) is 8.78 Å². The smallest absolute Gasteiger partial charge is 0.208 e. The van der Waals surface area contributed by atoms with E-state index in [1.54, 1.807) is 0 Å². The number of alkyl halides is 2. The van der Waals surface area contributed by atoms with Crippen molar-refractivity contribution in [1.82, 2.24) is 9.44 Å². The van der Waals surface area contributed by atoms with Crippen LogP contribution in [0.3, 0.4) is 0 Å². The van der Waals surface area contributed by atoms with Crippen LogP contribution < -0.4 is 9.44 Å². The molecule has 0 atom stereocenters. The number of hydrogen-bond acceptors (Lipinski definition) is 2. The molecule has 7 heteroatoms. The van der Waals surface area contributed by atoms with Crippen molar-refractivity contribution < 1.29 is 17.2 Å². The summed E-state index contributed by atoms with van der Waals surface area (Å²) in [6.07, 6.45) is -0.601. The van der Waals surface area contributed by atoms with Gasteiger partial charge in [0, 0.05) is 6.04 Å². The summed E-state index contributed by atoms with van der Waals surface area (Å²) in [6.45, 7) is 0. The lowest BCUT2D eigenvalue weighted by atomic mass is 10.3. The second kappa shape index (κ2) is 3.11. The zero-order valence-corrected chi connectivity index (χ0v) is 8.28. The first-order valence-electron chi connectivity index (χ1n) is 4.53. The number of halogens is 2. The average Bonchev–Trinajstić information content (AvgIpc) is 2.84. The highest BCUT2D eigenvalue weighted by Gasteiger charge is 2.54. The summed E-state index contributed by atoms with van der Waals surface area (Å²) in [6, 6.07) is -0.0547. The molecule has 2 aliphatic rings. The SMILES string of the molecule is O=S(=O)(NC1CC1)NC1(C(F)F)CC1. The standard InChI is InChI=1S/C7H12F2N2O2S/c8-6(9)7(3-4-7)11-14(12,13)10-5-1-2-5/h5-6,10-11H,1-4H2. The Morgan fingerprint density at radius 3 is 2.21 bits per heavy atom. The van der Waals surface area contributed by atoms with Gasteiger partial charge in [-0.2, -0.15) is 17.9 Å². The molecule has 0 aromatic heterocycles. The van der Waals surface area contributed by atoms with E-state index in [0.717, 1.165) is 12.8 Å². The second-order valence-electron chi connectivity index (χ2n) is 3.95. The summed E-state index contributed by atoms with van der Waals surface area (Å²) in [5.74, 6) is 0. The topological polar surface area (TPSA) is 58.2 Å². The van der Waals surface area contributed by atoms with E-state index in [1.165, 1.54) is 0 Å². The molecule has 0 aromatic carbocycles. The van der Waals surface area contributed by atoms with Crippen molar-refractivity contribution in [3.63, 3.8) is 0 Å². The van der Waals surface area contributed by atoms with Crippen LogP contribution in [0.1, 0.15) is 25.7 Å². The minimum Gasteiger partial charge on any atom is -0.208 e. The Morgan fingerprint density at radius 2 is 1.86 bits per heavy atom. The second-order valence-corrected chi connectivity index (χ2v) is 5.40. The van der Waals surface area contributed by atoms with Gasteiger partial charge in [0.2, 0.25) is 0 Å². The molecule has 0 heterocycles. The van der Waals surface area contributed by atoms with Crippen LogP contribution in [0, 0.1) is 0 Å². The number of rotatable bonds is 5. The van der Waals surface area contributed by atoms with Crippen LogP contribution >= 0.6 is 0 Å². The highest BCUT2D eigenvalue weighted by molar-refractivity contribution is 7.87. The van der Waals surface area contributed by atoms with Crippen LogP contribution in [0.2, 0.25) is 0 Å². The normalized spacial score (nSPS) is 25.4. The van der Waals surface area contributed by atoms with Gasteiger partial charge in [0.25, 0.3) is 16.6 Å². The molecule has 0 aromatic rings. The van der Waals surface area contributed by atoms with Crippen LogP contribution in [0.5, 0.6) is 0 Å². The van der Waals surface area contributed by atoms with Gasteiger partial charge in [0.05, 0.1) is 5.54 Å². The van der Waals surface area contributed by atoms with Crippen molar-refractivity contribution in [1.29, 1.82) is 0 Å². The Bertz CT molecular complexity index is 323. The van der Waals surface area contributed by atoms with E-state index in [-0.39, 0.29) is 18.9 Å². The summed E-state index contributed by atoms with van der Waals surface area (Å²) in [4.78, 5) is 0. The number of hydrogen-bond donors (Lipinski definition) is 2. The molecule has 2 N–H and O–H groups in total. The molecule has 0 amide bonds. The lowest BCUT2D eigenvalue weighted by Crippen LogP contribution is -2.48. The quantitative estimate of drug-likeness (QED) is 0.711. The molecule has 2 fully saturated rings. The summed E-state index contributed by atoms with van der Waals surface area (Å²) >= 11 is 0. The van der Waals surface area contributed by atoms with Crippen molar-refractivity contribution in [3.05, 3.63) is 0 Å². The van der Waals surface area contributed by atoms with Crippen LogP contribution in [-0.4, -0.2) is 26.4 Å². The summed E-state index contributed by atoms with van der Waals surface area (Å²) in [5.41, 5.74) is -1.49. The molecule has 0 radical (unpaired) electrons. The van der Waals surface area contributed by atoms with Crippen molar-refractivity contribution in [3.8, 4) is 0 Å². The highest BCUT2D eigenvalue weighted by Crippen LogP contribution is 2.41. The molecule has 2 rings (SSSR count). The predicted molar refractivity (Wildman–Crippen MR) is 46.2 cm³/mol. The van der Waals surface area contributed by atoms with Crippen molar-refractivity contribution in [2.75, 3.05) is 0 Å². The molecule has 0 bridgehead atoms. The molecule has 2 saturated carbocycles. The monoisotopic (exact) mass is 226 g/mol. The average molecular weight is 226 g/mol. The van der Waals surface area contributed by atoms with Crippen molar-refractivity contribution >= 4 is 10.2 Å². The molecule has 0 saturated heterocycles.